The minimum Gasteiger partial charge on any atom is -0.342 e. The Bertz CT molecular complexity index is 257. The summed E-state index contributed by atoms with van der Waals surface area (Å²) >= 11 is 0. The Morgan fingerprint density at radius 1 is 1.38 bits per heavy atom. The van der Waals surface area contributed by atoms with Gasteiger partial charge in [-0.15, -0.1) is 0 Å². The molecule has 1 aliphatic rings. The summed E-state index contributed by atoms with van der Waals surface area (Å²) in [6.45, 7) is 11.0. The van der Waals surface area contributed by atoms with Gasteiger partial charge in [-0.3, -0.25) is 9.18 Å². The normalized spacial score (nSPS) is 26.6. The Balaban J connectivity index is 2.72. The van der Waals surface area contributed by atoms with Crippen LogP contribution in [0.2, 0.25) is 0 Å². The first-order valence-electron chi connectivity index (χ1n) is 6.12. The van der Waals surface area contributed by atoms with Crippen LogP contribution in [0.3, 0.4) is 0 Å². The monoisotopic (exact) mass is 229 g/mol. The summed E-state index contributed by atoms with van der Waals surface area (Å²) in [6, 6.07) is 0. The minimum absolute atomic E-state index is 0.0336. The maximum atomic E-state index is 12.9. The van der Waals surface area contributed by atoms with Gasteiger partial charge in [-0.2, -0.15) is 0 Å². The maximum Gasteiger partial charge on any atom is 0.227 e. The van der Waals surface area contributed by atoms with Crippen molar-refractivity contribution in [2.45, 2.75) is 34.6 Å². The van der Waals surface area contributed by atoms with E-state index in [0.29, 0.717) is 18.4 Å². The van der Waals surface area contributed by atoms with Crippen molar-refractivity contribution in [1.29, 1.82) is 0 Å². The molecule has 0 aliphatic carbocycles. The van der Waals surface area contributed by atoms with Gasteiger partial charge < -0.3 is 4.90 Å². The predicted molar refractivity (Wildman–Crippen MR) is 63.8 cm³/mol. The maximum absolute atomic E-state index is 12.9. The van der Waals surface area contributed by atoms with E-state index in [-0.39, 0.29) is 23.9 Å². The number of likely N-dealkylation sites (tertiary alicyclic amines) is 1. The van der Waals surface area contributed by atoms with E-state index in [1.165, 1.54) is 0 Å². The molecule has 0 N–H and O–H groups in total. The SMILES string of the molecule is CC(C)[C@@H]1CN(C(=O)C(C)(C)C)C[C@@H]1CF. The molecule has 2 nitrogen and oxygen atoms in total. The van der Waals surface area contributed by atoms with Gasteiger partial charge in [-0.1, -0.05) is 34.6 Å². The van der Waals surface area contributed by atoms with Gasteiger partial charge >= 0.3 is 0 Å². The zero-order chi connectivity index (χ0) is 12.5. The van der Waals surface area contributed by atoms with Crippen LogP contribution in [-0.4, -0.2) is 30.6 Å². The summed E-state index contributed by atoms with van der Waals surface area (Å²) in [4.78, 5) is 13.9. The molecular formula is C13H24FNO. The molecule has 16 heavy (non-hydrogen) atoms. The van der Waals surface area contributed by atoms with Gasteiger partial charge in [0.2, 0.25) is 5.91 Å². The smallest absolute Gasteiger partial charge is 0.227 e. The zero-order valence-corrected chi connectivity index (χ0v) is 11.1. The van der Waals surface area contributed by atoms with Gasteiger partial charge in [0, 0.05) is 24.4 Å². The highest BCUT2D eigenvalue weighted by Crippen LogP contribution is 2.32. The summed E-state index contributed by atoms with van der Waals surface area (Å²) in [7, 11) is 0. The topological polar surface area (TPSA) is 20.3 Å². The molecule has 3 heteroatoms. The molecule has 0 spiro atoms. The number of hydrogen-bond donors (Lipinski definition) is 0. The Morgan fingerprint density at radius 3 is 2.25 bits per heavy atom. The molecule has 2 atom stereocenters. The van der Waals surface area contributed by atoms with Crippen LogP contribution >= 0.6 is 0 Å². The summed E-state index contributed by atoms with van der Waals surface area (Å²) < 4.78 is 12.9. The van der Waals surface area contributed by atoms with Crippen LogP contribution < -0.4 is 0 Å². The Morgan fingerprint density at radius 2 is 1.94 bits per heavy atom. The van der Waals surface area contributed by atoms with Crippen molar-refractivity contribution < 1.29 is 9.18 Å². The molecule has 1 fully saturated rings. The van der Waals surface area contributed by atoms with Crippen LogP contribution in [0.4, 0.5) is 4.39 Å². The second-order valence-corrected chi connectivity index (χ2v) is 6.28. The lowest BCUT2D eigenvalue weighted by molar-refractivity contribution is -0.138. The van der Waals surface area contributed by atoms with Crippen LogP contribution in [-0.2, 0) is 4.79 Å². The molecule has 0 aromatic carbocycles. The summed E-state index contributed by atoms with van der Waals surface area (Å²) in [5.41, 5.74) is -0.354. The van der Waals surface area contributed by atoms with Crippen LogP contribution in [0.5, 0.6) is 0 Å². The van der Waals surface area contributed by atoms with E-state index in [4.69, 9.17) is 0 Å². The number of rotatable bonds is 2. The summed E-state index contributed by atoms with van der Waals surface area (Å²) in [6.07, 6.45) is 0. The Labute approximate surface area is 98.2 Å². The number of carbonyl (C=O) groups is 1. The van der Waals surface area contributed by atoms with Crippen LogP contribution in [0.15, 0.2) is 0 Å². The predicted octanol–water partition coefficient (Wildman–Crippen LogP) is 2.73. The molecule has 0 aromatic rings. The zero-order valence-electron chi connectivity index (χ0n) is 11.1. The van der Waals surface area contributed by atoms with Crippen molar-refractivity contribution in [3.63, 3.8) is 0 Å². The standard InChI is InChI=1S/C13H24FNO/c1-9(2)11-8-15(7-10(11)6-14)12(16)13(3,4)5/h9-11H,6-8H2,1-5H3/t10-,11-/m0/s1. The van der Waals surface area contributed by atoms with Crippen LogP contribution in [0.25, 0.3) is 0 Å². The van der Waals surface area contributed by atoms with E-state index in [2.05, 4.69) is 13.8 Å². The molecule has 1 aliphatic heterocycles. The van der Waals surface area contributed by atoms with Gasteiger partial charge in [0.05, 0.1) is 6.67 Å². The van der Waals surface area contributed by atoms with Crippen molar-refractivity contribution >= 4 is 5.91 Å². The second kappa shape index (κ2) is 4.72. The number of alkyl halides is 1. The van der Waals surface area contributed by atoms with E-state index >= 15 is 0 Å². The summed E-state index contributed by atoms with van der Waals surface area (Å²) in [5, 5.41) is 0. The van der Waals surface area contributed by atoms with Crippen molar-refractivity contribution in [3.8, 4) is 0 Å². The van der Waals surface area contributed by atoms with E-state index in [1.807, 2.05) is 25.7 Å². The fourth-order valence-electron chi connectivity index (χ4n) is 2.46. The number of amides is 1. The lowest BCUT2D eigenvalue weighted by atomic mass is 9.87. The first-order chi connectivity index (χ1) is 7.27. The molecule has 0 radical (unpaired) electrons. The minimum atomic E-state index is -0.354. The van der Waals surface area contributed by atoms with Gasteiger partial charge in [0.1, 0.15) is 0 Å². The van der Waals surface area contributed by atoms with E-state index in [9.17, 15) is 9.18 Å². The third-order valence-electron chi connectivity index (χ3n) is 3.47. The average Bonchev–Trinajstić information content (AvgIpc) is 2.58. The number of carbonyl (C=O) groups excluding carboxylic acids is 1. The lowest BCUT2D eigenvalue weighted by Crippen LogP contribution is -2.38. The fourth-order valence-corrected chi connectivity index (χ4v) is 2.46. The molecule has 0 aromatic heterocycles. The van der Waals surface area contributed by atoms with Crippen molar-refractivity contribution in [2.24, 2.45) is 23.2 Å². The highest BCUT2D eigenvalue weighted by Gasteiger charge is 2.39. The molecule has 0 bridgehead atoms. The molecule has 0 unspecified atom stereocenters. The lowest BCUT2D eigenvalue weighted by Gasteiger charge is -2.26. The van der Waals surface area contributed by atoms with E-state index in [1.54, 1.807) is 0 Å². The summed E-state index contributed by atoms with van der Waals surface area (Å²) in [5.74, 6) is 0.940. The van der Waals surface area contributed by atoms with E-state index < -0.39 is 0 Å². The van der Waals surface area contributed by atoms with Crippen molar-refractivity contribution in [2.75, 3.05) is 19.8 Å². The quantitative estimate of drug-likeness (QED) is 0.713. The Kier molecular flexibility index (Phi) is 3.97. The highest BCUT2D eigenvalue weighted by atomic mass is 19.1. The second-order valence-electron chi connectivity index (χ2n) is 6.28. The number of nitrogens with zero attached hydrogens (tertiary/aromatic N) is 1. The molecule has 1 amide bonds. The number of hydrogen-bond acceptors (Lipinski definition) is 1. The first kappa shape index (κ1) is 13.5. The van der Waals surface area contributed by atoms with Crippen molar-refractivity contribution in [1.82, 2.24) is 4.90 Å². The molecule has 94 valence electrons. The fraction of sp³-hybridized carbons (Fsp3) is 0.923. The average molecular weight is 229 g/mol. The first-order valence-corrected chi connectivity index (χ1v) is 6.12. The molecule has 1 heterocycles. The third-order valence-corrected chi connectivity index (χ3v) is 3.47. The van der Waals surface area contributed by atoms with Crippen LogP contribution in [0, 0.1) is 23.2 Å². The van der Waals surface area contributed by atoms with Gasteiger partial charge in [-0.25, -0.2) is 0 Å². The van der Waals surface area contributed by atoms with Crippen LogP contribution in [0.1, 0.15) is 34.6 Å². The Hall–Kier alpha value is -0.600. The van der Waals surface area contributed by atoms with Gasteiger partial charge in [0.25, 0.3) is 0 Å². The molecule has 1 saturated heterocycles. The highest BCUT2D eigenvalue weighted by molar-refractivity contribution is 5.81. The number of halogens is 1. The third kappa shape index (κ3) is 2.74. The van der Waals surface area contributed by atoms with Crippen molar-refractivity contribution in [3.05, 3.63) is 0 Å². The van der Waals surface area contributed by atoms with Gasteiger partial charge in [0.15, 0.2) is 0 Å². The molecule has 1 rings (SSSR count). The van der Waals surface area contributed by atoms with Gasteiger partial charge in [-0.05, 0) is 11.8 Å². The molecule has 0 saturated carbocycles. The molecular weight excluding hydrogens is 205 g/mol. The van der Waals surface area contributed by atoms with E-state index in [0.717, 1.165) is 6.54 Å². The largest absolute Gasteiger partial charge is 0.342 e.